The summed E-state index contributed by atoms with van der Waals surface area (Å²) in [5, 5.41) is 8.86. The average Bonchev–Trinajstić information content (AvgIpc) is 2.46. The molecule has 0 atom stereocenters. The van der Waals surface area contributed by atoms with E-state index in [1.165, 1.54) is 13.2 Å². The van der Waals surface area contributed by atoms with Gasteiger partial charge in [0.05, 0.1) is 18.7 Å². The maximum absolute atomic E-state index is 13.6. The summed E-state index contributed by atoms with van der Waals surface area (Å²) in [4.78, 5) is 0. The van der Waals surface area contributed by atoms with E-state index in [9.17, 15) is 4.39 Å². The second-order valence-electron chi connectivity index (χ2n) is 4.35. The average molecular weight is 271 g/mol. The lowest BCUT2D eigenvalue weighted by Gasteiger charge is -2.10. The Morgan fingerprint density at radius 1 is 1.15 bits per heavy atom. The molecule has 0 fully saturated rings. The summed E-state index contributed by atoms with van der Waals surface area (Å²) in [6.45, 7) is 2.13. The van der Waals surface area contributed by atoms with Crippen LogP contribution in [0.25, 0.3) is 0 Å². The van der Waals surface area contributed by atoms with E-state index in [-0.39, 0.29) is 12.4 Å². The molecular weight excluding hydrogens is 257 g/mol. The number of nitrogens with zero attached hydrogens (tertiary/aromatic N) is 1. The molecule has 0 amide bonds. The van der Waals surface area contributed by atoms with Crippen LogP contribution in [-0.2, 0) is 6.61 Å². The number of hydrogen-bond donors (Lipinski definition) is 0. The monoisotopic (exact) mass is 271 g/mol. The molecule has 0 aromatic heterocycles. The van der Waals surface area contributed by atoms with Crippen LogP contribution in [0, 0.1) is 24.1 Å². The Kier molecular flexibility index (Phi) is 4.21. The third kappa shape index (κ3) is 3.07. The maximum atomic E-state index is 13.6. The zero-order valence-electron chi connectivity index (χ0n) is 11.3. The third-order valence-corrected chi connectivity index (χ3v) is 2.93. The van der Waals surface area contributed by atoms with Crippen LogP contribution < -0.4 is 9.47 Å². The van der Waals surface area contributed by atoms with Gasteiger partial charge in [0.1, 0.15) is 12.4 Å². The molecule has 0 N–H and O–H groups in total. The number of hydrogen-bond acceptors (Lipinski definition) is 3. The molecule has 4 heteroatoms. The fraction of sp³-hybridized carbons (Fsp3) is 0.188. The number of methoxy groups -OCH3 is 1. The molecule has 0 aliphatic heterocycles. The standard InChI is InChI=1S/C16H14FNO2/c1-11-3-4-12(9-18)8-16(11)20-10-13-5-6-15(19-2)14(17)7-13/h3-8H,10H2,1-2H3. The normalized spacial score (nSPS) is 9.90. The molecule has 0 saturated heterocycles. The molecule has 2 aromatic rings. The van der Waals surface area contributed by atoms with Crippen molar-refractivity contribution in [3.8, 4) is 17.6 Å². The number of ether oxygens (including phenoxy) is 2. The van der Waals surface area contributed by atoms with Crippen LogP contribution in [0.15, 0.2) is 36.4 Å². The van der Waals surface area contributed by atoms with E-state index in [4.69, 9.17) is 14.7 Å². The summed E-state index contributed by atoms with van der Waals surface area (Å²) in [6, 6.07) is 12.0. The molecule has 0 unspecified atom stereocenters. The van der Waals surface area contributed by atoms with Crippen molar-refractivity contribution in [2.75, 3.05) is 7.11 Å². The van der Waals surface area contributed by atoms with Crippen LogP contribution in [0.2, 0.25) is 0 Å². The lowest BCUT2D eigenvalue weighted by Crippen LogP contribution is -1.99. The molecule has 2 rings (SSSR count). The van der Waals surface area contributed by atoms with Crippen molar-refractivity contribution in [2.24, 2.45) is 0 Å². The van der Waals surface area contributed by atoms with E-state index < -0.39 is 5.82 Å². The van der Waals surface area contributed by atoms with Crippen molar-refractivity contribution in [3.63, 3.8) is 0 Å². The van der Waals surface area contributed by atoms with Crippen LogP contribution in [0.1, 0.15) is 16.7 Å². The number of rotatable bonds is 4. The molecule has 20 heavy (non-hydrogen) atoms. The second-order valence-corrected chi connectivity index (χ2v) is 4.35. The molecule has 0 aliphatic carbocycles. The molecule has 0 radical (unpaired) electrons. The zero-order chi connectivity index (χ0) is 14.5. The lowest BCUT2D eigenvalue weighted by molar-refractivity contribution is 0.302. The number of nitriles is 1. The topological polar surface area (TPSA) is 42.2 Å². The van der Waals surface area contributed by atoms with Gasteiger partial charge in [-0.25, -0.2) is 4.39 Å². The van der Waals surface area contributed by atoms with Crippen molar-refractivity contribution in [2.45, 2.75) is 13.5 Å². The van der Waals surface area contributed by atoms with Gasteiger partial charge >= 0.3 is 0 Å². The fourth-order valence-electron chi connectivity index (χ4n) is 1.79. The van der Waals surface area contributed by atoms with Crippen molar-refractivity contribution in [1.82, 2.24) is 0 Å². The van der Waals surface area contributed by atoms with Crippen LogP contribution in [-0.4, -0.2) is 7.11 Å². The van der Waals surface area contributed by atoms with Crippen LogP contribution in [0.5, 0.6) is 11.5 Å². The molecule has 3 nitrogen and oxygen atoms in total. The van der Waals surface area contributed by atoms with Crippen LogP contribution in [0.4, 0.5) is 4.39 Å². The molecule has 0 bridgehead atoms. The molecule has 0 spiro atoms. The van der Waals surface area contributed by atoms with Crippen molar-refractivity contribution < 1.29 is 13.9 Å². The molecule has 102 valence electrons. The quantitative estimate of drug-likeness (QED) is 0.853. The Balaban J connectivity index is 2.13. The highest BCUT2D eigenvalue weighted by molar-refractivity contribution is 5.42. The largest absolute Gasteiger partial charge is 0.494 e. The van der Waals surface area contributed by atoms with Crippen LogP contribution in [0.3, 0.4) is 0 Å². The third-order valence-electron chi connectivity index (χ3n) is 2.93. The highest BCUT2D eigenvalue weighted by Gasteiger charge is 2.06. The summed E-state index contributed by atoms with van der Waals surface area (Å²) in [5.74, 6) is 0.410. The zero-order valence-corrected chi connectivity index (χ0v) is 11.3. The summed E-state index contributed by atoms with van der Waals surface area (Å²) in [7, 11) is 1.42. The first-order chi connectivity index (χ1) is 9.63. The van der Waals surface area contributed by atoms with Gasteiger partial charge in [-0.1, -0.05) is 12.1 Å². The number of halogens is 1. The molecule has 0 saturated carbocycles. The SMILES string of the molecule is COc1ccc(COc2cc(C#N)ccc2C)cc1F. The predicted octanol–water partition coefficient (Wildman–Crippen LogP) is 3.59. The Morgan fingerprint density at radius 2 is 1.95 bits per heavy atom. The Bertz CT molecular complexity index is 662. The minimum atomic E-state index is -0.420. The van der Waals surface area contributed by atoms with Gasteiger partial charge < -0.3 is 9.47 Å². The van der Waals surface area contributed by atoms with Crippen LogP contribution >= 0.6 is 0 Å². The first-order valence-corrected chi connectivity index (χ1v) is 6.10. The summed E-state index contributed by atoms with van der Waals surface area (Å²) < 4.78 is 24.0. The van der Waals surface area contributed by atoms with Gasteiger partial charge in [-0.3, -0.25) is 0 Å². The molecule has 2 aromatic carbocycles. The van der Waals surface area contributed by atoms with Gasteiger partial charge in [-0.05, 0) is 42.3 Å². The highest BCUT2D eigenvalue weighted by Crippen LogP contribution is 2.22. The minimum Gasteiger partial charge on any atom is -0.494 e. The van der Waals surface area contributed by atoms with E-state index in [0.717, 1.165) is 5.56 Å². The van der Waals surface area contributed by atoms with E-state index in [1.807, 2.05) is 13.0 Å². The summed E-state index contributed by atoms with van der Waals surface area (Å²) in [6.07, 6.45) is 0. The predicted molar refractivity (Wildman–Crippen MR) is 73.2 cm³/mol. The first kappa shape index (κ1) is 13.9. The number of aryl methyl sites for hydroxylation is 1. The van der Waals surface area contributed by atoms with E-state index >= 15 is 0 Å². The smallest absolute Gasteiger partial charge is 0.165 e. The van der Waals surface area contributed by atoms with Gasteiger partial charge in [0.15, 0.2) is 11.6 Å². The Morgan fingerprint density at radius 3 is 2.60 bits per heavy atom. The fourth-order valence-corrected chi connectivity index (χ4v) is 1.79. The van der Waals surface area contributed by atoms with Crippen molar-refractivity contribution in [3.05, 3.63) is 58.9 Å². The van der Waals surface area contributed by atoms with Gasteiger partial charge in [-0.15, -0.1) is 0 Å². The van der Waals surface area contributed by atoms with Crippen molar-refractivity contribution >= 4 is 0 Å². The van der Waals surface area contributed by atoms with Gasteiger partial charge in [0, 0.05) is 0 Å². The van der Waals surface area contributed by atoms with Gasteiger partial charge in [-0.2, -0.15) is 5.26 Å². The van der Waals surface area contributed by atoms with E-state index in [2.05, 4.69) is 6.07 Å². The Hall–Kier alpha value is -2.54. The lowest BCUT2D eigenvalue weighted by atomic mass is 10.1. The first-order valence-electron chi connectivity index (χ1n) is 6.10. The molecule has 0 aliphatic rings. The van der Waals surface area contributed by atoms with Gasteiger partial charge in [0.25, 0.3) is 0 Å². The maximum Gasteiger partial charge on any atom is 0.165 e. The van der Waals surface area contributed by atoms with Crippen molar-refractivity contribution in [1.29, 1.82) is 5.26 Å². The Labute approximate surface area is 117 Å². The number of benzene rings is 2. The summed E-state index contributed by atoms with van der Waals surface area (Å²) in [5.41, 5.74) is 2.16. The molecule has 0 heterocycles. The molecular formula is C16H14FNO2. The second kappa shape index (κ2) is 6.07. The van der Waals surface area contributed by atoms with E-state index in [0.29, 0.717) is 16.9 Å². The van der Waals surface area contributed by atoms with Gasteiger partial charge in [0.2, 0.25) is 0 Å². The van der Waals surface area contributed by atoms with E-state index in [1.54, 1.807) is 24.3 Å². The minimum absolute atomic E-state index is 0.205. The highest BCUT2D eigenvalue weighted by atomic mass is 19.1. The summed E-state index contributed by atoms with van der Waals surface area (Å²) >= 11 is 0.